The molecule has 2 N–H and O–H groups in total. The van der Waals surface area contributed by atoms with Crippen LogP contribution < -0.4 is 5.73 Å². The molecule has 106 valence electrons. The maximum absolute atomic E-state index is 5.69. The lowest BCUT2D eigenvalue weighted by molar-refractivity contribution is 0.338. The number of hydrogen-bond acceptors (Lipinski definition) is 1. The van der Waals surface area contributed by atoms with Crippen LogP contribution in [-0.4, -0.2) is 6.54 Å². The van der Waals surface area contributed by atoms with Crippen molar-refractivity contribution in [1.29, 1.82) is 0 Å². The van der Waals surface area contributed by atoms with E-state index in [4.69, 9.17) is 5.73 Å². The number of benzene rings is 1. The highest BCUT2D eigenvalue weighted by Gasteiger charge is 2.18. The summed E-state index contributed by atoms with van der Waals surface area (Å²) in [6, 6.07) is 9.40. The zero-order chi connectivity index (χ0) is 13.7. The van der Waals surface area contributed by atoms with Crippen molar-refractivity contribution in [2.45, 2.75) is 64.7 Å². The third-order valence-corrected chi connectivity index (χ3v) is 4.56. The standard InChI is InChI=1S/C18H29N/c1-18(2,12-13-19)14-15-8-10-17(11-9-15)16-6-4-3-5-7-16/h8-11,16H,3-7,12-14,19H2,1-2H3. The smallest absolute Gasteiger partial charge is 0.00721 e. The molecule has 1 fully saturated rings. The minimum Gasteiger partial charge on any atom is -0.330 e. The third-order valence-electron chi connectivity index (χ3n) is 4.56. The van der Waals surface area contributed by atoms with E-state index in [0.717, 1.165) is 25.3 Å². The van der Waals surface area contributed by atoms with Crippen molar-refractivity contribution in [3.05, 3.63) is 35.4 Å². The molecular formula is C18H29N. The van der Waals surface area contributed by atoms with Crippen LogP contribution in [0.25, 0.3) is 0 Å². The lowest BCUT2D eigenvalue weighted by Crippen LogP contribution is -2.19. The van der Waals surface area contributed by atoms with Crippen LogP contribution in [0.15, 0.2) is 24.3 Å². The number of rotatable bonds is 5. The lowest BCUT2D eigenvalue weighted by atomic mass is 9.81. The fraction of sp³-hybridized carbons (Fsp3) is 0.667. The molecule has 1 saturated carbocycles. The van der Waals surface area contributed by atoms with E-state index >= 15 is 0 Å². The van der Waals surface area contributed by atoms with Crippen LogP contribution in [0.3, 0.4) is 0 Å². The fourth-order valence-corrected chi connectivity index (χ4v) is 3.38. The first-order chi connectivity index (χ1) is 9.11. The van der Waals surface area contributed by atoms with Gasteiger partial charge in [-0.15, -0.1) is 0 Å². The Labute approximate surface area is 118 Å². The molecule has 0 radical (unpaired) electrons. The van der Waals surface area contributed by atoms with Gasteiger partial charge in [0.15, 0.2) is 0 Å². The van der Waals surface area contributed by atoms with E-state index < -0.39 is 0 Å². The minimum absolute atomic E-state index is 0.321. The predicted molar refractivity (Wildman–Crippen MR) is 83.4 cm³/mol. The van der Waals surface area contributed by atoms with Gasteiger partial charge >= 0.3 is 0 Å². The Bertz CT molecular complexity index is 371. The van der Waals surface area contributed by atoms with Gasteiger partial charge in [-0.2, -0.15) is 0 Å². The monoisotopic (exact) mass is 259 g/mol. The summed E-state index contributed by atoms with van der Waals surface area (Å²) in [5.41, 5.74) is 9.02. The Morgan fingerprint density at radius 1 is 1.05 bits per heavy atom. The summed E-state index contributed by atoms with van der Waals surface area (Å²) in [6.45, 7) is 5.41. The molecule has 1 aromatic carbocycles. The molecule has 0 amide bonds. The largest absolute Gasteiger partial charge is 0.330 e. The van der Waals surface area contributed by atoms with E-state index in [1.165, 1.54) is 37.7 Å². The van der Waals surface area contributed by atoms with Crippen LogP contribution in [0.5, 0.6) is 0 Å². The first-order valence-corrected chi connectivity index (χ1v) is 7.90. The summed E-state index contributed by atoms with van der Waals surface area (Å²) < 4.78 is 0. The Kier molecular flexibility index (Phi) is 5.04. The normalized spacial score (nSPS) is 17.6. The molecule has 0 aromatic heterocycles. The molecule has 1 aromatic rings. The summed E-state index contributed by atoms with van der Waals surface area (Å²) in [6.07, 6.45) is 9.26. The van der Waals surface area contributed by atoms with Gasteiger partial charge in [-0.25, -0.2) is 0 Å². The molecule has 2 rings (SSSR count). The van der Waals surface area contributed by atoms with Gasteiger partial charge < -0.3 is 5.73 Å². The van der Waals surface area contributed by atoms with Crippen molar-refractivity contribution in [2.75, 3.05) is 6.54 Å². The van der Waals surface area contributed by atoms with Gasteiger partial charge in [-0.05, 0) is 54.7 Å². The van der Waals surface area contributed by atoms with E-state index in [2.05, 4.69) is 38.1 Å². The first kappa shape index (κ1) is 14.6. The number of nitrogens with two attached hydrogens (primary N) is 1. The van der Waals surface area contributed by atoms with Crippen LogP contribution in [0.1, 0.15) is 69.4 Å². The van der Waals surface area contributed by atoms with Crippen molar-refractivity contribution in [1.82, 2.24) is 0 Å². The van der Waals surface area contributed by atoms with Crippen LogP contribution in [-0.2, 0) is 6.42 Å². The minimum atomic E-state index is 0.321. The van der Waals surface area contributed by atoms with Crippen molar-refractivity contribution < 1.29 is 0 Å². The molecule has 0 aliphatic heterocycles. The number of hydrogen-bond donors (Lipinski definition) is 1. The molecule has 0 saturated heterocycles. The Morgan fingerprint density at radius 3 is 2.26 bits per heavy atom. The van der Waals surface area contributed by atoms with Crippen molar-refractivity contribution >= 4 is 0 Å². The van der Waals surface area contributed by atoms with Gasteiger partial charge in [0.25, 0.3) is 0 Å². The van der Waals surface area contributed by atoms with Gasteiger partial charge in [0.2, 0.25) is 0 Å². The van der Waals surface area contributed by atoms with E-state index in [-0.39, 0.29) is 0 Å². The predicted octanol–water partition coefficient (Wildman–Crippen LogP) is 4.65. The highest BCUT2D eigenvalue weighted by atomic mass is 14.5. The highest BCUT2D eigenvalue weighted by Crippen LogP contribution is 2.33. The molecule has 1 aliphatic rings. The van der Waals surface area contributed by atoms with Gasteiger partial charge in [0.05, 0.1) is 0 Å². The highest BCUT2D eigenvalue weighted by molar-refractivity contribution is 5.26. The summed E-state index contributed by atoms with van der Waals surface area (Å²) >= 11 is 0. The second-order valence-corrected chi connectivity index (χ2v) is 6.96. The maximum atomic E-state index is 5.69. The quantitative estimate of drug-likeness (QED) is 0.818. The van der Waals surface area contributed by atoms with E-state index in [0.29, 0.717) is 5.41 Å². The van der Waals surface area contributed by atoms with Crippen molar-refractivity contribution in [2.24, 2.45) is 11.1 Å². The van der Waals surface area contributed by atoms with Gasteiger partial charge in [-0.3, -0.25) is 0 Å². The Morgan fingerprint density at radius 2 is 1.68 bits per heavy atom. The van der Waals surface area contributed by atoms with E-state index in [9.17, 15) is 0 Å². The second kappa shape index (κ2) is 6.56. The Hall–Kier alpha value is -0.820. The molecular weight excluding hydrogens is 230 g/mol. The summed E-state index contributed by atoms with van der Waals surface area (Å²) in [5.74, 6) is 0.819. The molecule has 0 spiro atoms. The van der Waals surface area contributed by atoms with Crippen LogP contribution in [0.4, 0.5) is 0 Å². The van der Waals surface area contributed by atoms with E-state index in [1.807, 2.05) is 0 Å². The second-order valence-electron chi connectivity index (χ2n) is 6.96. The van der Waals surface area contributed by atoms with Crippen molar-refractivity contribution in [3.8, 4) is 0 Å². The van der Waals surface area contributed by atoms with E-state index in [1.54, 1.807) is 5.56 Å². The van der Waals surface area contributed by atoms with Gasteiger partial charge in [0.1, 0.15) is 0 Å². The molecule has 1 aliphatic carbocycles. The van der Waals surface area contributed by atoms with Crippen LogP contribution >= 0.6 is 0 Å². The topological polar surface area (TPSA) is 26.0 Å². The third kappa shape index (κ3) is 4.35. The van der Waals surface area contributed by atoms with Gasteiger partial charge in [0, 0.05) is 0 Å². The molecule has 0 unspecified atom stereocenters. The first-order valence-electron chi connectivity index (χ1n) is 7.90. The zero-order valence-electron chi connectivity index (χ0n) is 12.6. The average Bonchev–Trinajstić information content (AvgIpc) is 2.40. The fourth-order valence-electron chi connectivity index (χ4n) is 3.38. The lowest BCUT2D eigenvalue weighted by Gasteiger charge is -2.25. The summed E-state index contributed by atoms with van der Waals surface area (Å²) in [4.78, 5) is 0. The summed E-state index contributed by atoms with van der Waals surface area (Å²) in [7, 11) is 0. The molecule has 0 atom stereocenters. The average molecular weight is 259 g/mol. The molecule has 19 heavy (non-hydrogen) atoms. The molecule has 1 nitrogen and oxygen atoms in total. The Balaban J connectivity index is 1.97. The molecule has 1 heteroatoms. The summed E-state index contributed by atoms with van der Waals surface area (Å²) in [5, 5.41) is 0. The molecule has 0 bridgehead atoms. The SMILES string of the molecule is CC(C)(CCN)Cc1ccc(C2CCCCC2)cc1. The van der Waals surface area contributed by atoms with Crippen molar-refractivity contribution in [3.63, 3.8) is 0 Å². The van der Waals surface area contributed by atoms with Crippen LogP contribution in [0, 0.1) is 5.41 Å². The molecule has 0 heterocycles. The van der Waals surface area contributed by atoms with Gasteiger partial charge in [-0.1, -0.05) is 57.4 Å². The zero-order valence-corrected chi connectivity index (χ0v) is 12.6. The van der Waals surface area contributed by atoms with Crippen LogP contribution in [0.2, 0.25) is 0 Å². The maximum Gasteiger partial charge on any atom is -0.00721 e.